The summed E-state index contributed by atoms with van der Waals surface area (Å²) in [6, 6.07) is 6.45. The Morgan fingerprint density at radius 1 is 1.19 bits per heavy atom. The first-order valence-electron chi connectivity index (χ1n) is 8.32. The number of aromatic nitrogens is 2. The van der Waals surface area contributed by atoms with Crippen LogP contribution in [0.15, 0.2) is 34.1 Å². The molecule has 1 aromatic carbocycles. The SMILES string of the molecule is CCOC(=O)c1ccc(N=Cc2c(O)n(CC)c(=S)n(CC)c2=O)cc1. The maximum absolute atomic E-state index is 12.5. The molecule has 0 aliphatic heterocycles. The molecule has 138 valence electrons. The number of rotatable bonds is 6. The fraction of sp³-hybridized carbons (Fsp3) is 0.333. The molecule has 1 heterocycles. The zero-order valence-electron chi connectivity index (χ0n) is 14.9. The Labute approximate surface area is 156 Å². The van der Waals surface area contributed by atoms with Gasteiger partial charge in [0.25, 0.3) is 5.56 Å². The lowest BCUT2D eigenvalue weighted by atomic mass is 10.2. The summed E-state index contributed by atoms with van der Waals surface area (Å²) in [6.07, 6.45) is 1.31. The number of hydrogen-bond donors (Lipinski definition) is 1. The van der Waals surface area contributed by atoms with Gasteiger partial charge in [-0.05, 0) is 57.3 Å². The van der Waals surface area contributed by atoms with Gasteiger partial charge < -0.3 is 9.84 Å². The standard InChI is InChI=1S/C18H21N3O4S/c1-4-20-15(22)14(16(23)21(5-2)18(20)26)11-19-13-9-7-12(8-10-13)17(24)25-6-3/h7-11,22H,4-6H2,1-3H3. The van der Waals surface area contributed by atoms with E-state index >= 15 is 0 Å². The lowest BCUT2D eigenvalue weighted by molar-refractivity contribution is 0.0526. The van der Waals surface area contributed by atoms with E-state index in [4.69, 9.17) is 17.0 Å². The molecule has 7 nitrogen and oxygen atoms in total. The Kier molecular flexibility index (Phi) is 6.46. The van der Waals surface area contributed by atoms with E-state index in [1.807, 2.05) is 13.8 Å². The fourth-order valence-electron chi connectivity index (χ4n) is 2.42. The second-order valence-electron chi connectivity index (χ2n) is 5.34. The average Bonchev–Trinajstić information content (AvgIpc) is 2.63. The number of esters is 1. The van der Waals surface area contributed by atoms with Crippen LogP contribution in [0.3, 0.4) is 0 Å². The van der Waals surface area contributed by atoms with Gasteiger partial charge in [-0.2, -0.15) is 0 Å². The van der Waals surface area contributed by atoms with Crippen LogP contribution in [0.4, 0.5) is 5.69 Å². The van der Waals surface area contributed by atoms with Crippen molar-refractivity contribution in [1.82, 2.24) is 9.13 Å². The number of ether oxygens (including phenoxy) is 1. The van der Waals surface area contributed by atoms with E-state index in [-0.39, 0.29) is 16.2 Å². The summed E-state index contributed by atoms with van der Waals surface area (Å²) >= 11 is 5.24. The molecule has 1 aromatic heterocycles. The quantitative estimate of drug-likeness (QED) is 0.476. The van der Waals surface area contributed by atoms with Crippen molar-refractivity contribution < 1.29 is 14.6 Å². The molecule has 2 rings (SSSR count). The first kappa shape index (κ1) is 19.6. The van der Waals surface area contributed by atoms with Crippen molar-refractivity contribution in [3.8, 4) is 5.88 Å². The van der Waals surface area contributed by atoms with Crippen LogP contribution < -0.4 is 5.56 Å². The molecule has 0 bridgehead atoms. The third-order valence-corrected chi connectivity index (χ3v) is 4.23. The number of carbonyl (C=O) groups is 1. The number of aromatic hydroxyl groups is 1. The Bertz CT molecular complexity index is 943. The Morgan fingerprint density at radius 2 is 1.81 bits per heavy atom. The molecule has 0 spiro atoms. The van der Waals surface area contributed by atoms with Crippen LogP contribution >= 0.6 is 12.2 Å². The van der Waals surface area contributed by atoms with Crippen molar-refractivity contribution in [3.63, 3.8) is 0 Å². The molecule has 0 unspecified atom stereocenters. The topological polar surface area (TPSA) is 85.8 Å². The van der Waals surface area contributed by atoms with Crippen molar-refractivity contribution in [1.29, 1.82) is 0 Å². The number of nitrogens with zero attached hydrogens (tertiary/aromatic N) is 3. The summed E-state index contributed by atoms with van der Waals surface area (Å²) < 4.78 is 8.08. The van der Waals surface area contributed by atoms with Crippen LogP contribution in [0, 0.1) is 4.77 Å². The van der Waals surface area contributed by atoms with E-state index in [1.54, 1.807) is 31.2 Å². The predicted octanol–water partition coefficient (Wildman–Crippen LogP) is 3.05. The number of benzene rings is 1. The molecule has 8 heteroatoms. The molecule has 0 saturated carbocycles. The molecule has 0 fully saturated rings. The number of hydrogen-bond acceptors (Lipinski definition) is 6. The van der Waals surface area contributed by atoms with Crippen molar-refractivity contribution >= 4 is 30.1 Å². The van der Waals surface area contributed by atoms with E-state index < -0.39 is 11.5 Å². The van der Waals surface area contributed by atoms with Crippen LogP contribution in [0.2, 0.25) is 0 Å². The fourth-order valence-corrected chi connectivity index (χ4v) is 2.85. The van der Waals surface area contributed by atoms with Gasteiger partial charge in [0.15, 0.2) is 4.77 Å². The van der Waals surface area contributed by atoms with Crippen molar-refractivity contribution in [2.45, 2.75) is 33.9 Å². The zero-order chi connectivity index (χ0) is 19.3. The van der Waals surface area contributed by atoms with Gasteiger partial charge in [-0.15, -0.1) is 0 Å². The van der Waals surface area contributed by atoms with Gasteiger partial charge in [-0.25, -0.2) is 4.79 Å². The number of aliphatic imine (C=N–C) groups is 1. The van der Waals surface area contributed by atoms with Gasteiger partial charge in [-0.1, -0.05) is 0 Å². The highest BCUT2D eigenvalue weighted by atomic mass is 32.1. The molecular weight excluding hydrogens is 354 g/mol. The molecule has 0 aliphatic carbocycles. The smallest absolute Gasteiger partial charge is 0.338 e. The molecule has 1 N–H and O–H groups in total. The molecule has 2 aromatic rings. The first-order chi connectivity index (χ1) is 12.4. The van der Waals surface area contributed by atoms with E-state index in [9.17, 15) is 14.7 Å². The monoisotopic (exact) mass is 375 g/mol. The van der Waals surface area contributed by atoms with Crippen LogP contribution in [0.5, 0.6) is 5.88 Å². The lowest BCUT2D eigenvalue weighted by Gasteiger charge is -2.13. The van der Waals surface area contributed by atoms with Crippen LogP contribution in [-0.2, 0) is 17.8 Å². The van der Waals surface area contributed by atoms with Crippen LogP contribution in [0.1, 0.15) is 36.7 Å². The molecule has 26 heavy (non-hydrogen) atoms. The number of carbonyl (C=O) groups excluding carboxylic acids is 1. The van der Waals surface area contributed by atoms with Gasteiger partial charge in [0.05, 0.1) is 17.9 Å². The average molecular weight is 375 g/mol. The predicted molar refractivity (Wildman–Crippen MR) is 102 cm³/mol. The summed E-state index contributed by atoms with van der Waals surface area (Å²) in [5.74, 6) is -0.615. The van der Waals surface area contributed by atoms with Crippen LogP contribution in [0.25, 0.3) is 0 Å². The van der Waals surface area contributed by atoms with Crippen molar-refractivity contribution in [2.75, 3.05) is 6.61 Å². The van der Waals surface area contributed by atoms with E-state index in [2.05, 4.69) is 4.99 Å². The molecular formula is C18H21N3O4S. The highest BCUT2D eigenvalue weighted by Gasteiger charge is 2.14. The minimum atomic E-state index is -0.406. The molecule has 0 aliphatic rings. The first-order valence-corrected chi connectivity index (χ1v) is 8.73. The van der Waals surface area contributed by atoms with Gasteiger partial charge in [0, 0.05) is 19.3 Å². The van der Waals surface area contributed by atoms with Gasteiger partial charge in [-0.3, -0.25) is 18.9 Å². The highest BCUT2D eigenvalue weighted by Crippen LogP contribution is 2.17. The summed E-state index contributed by atoms with van der Waals surface area (Å²) in [4.78, 5) is 28.4. The summed E-state index contributed by atoms with van der Waals surface area (Å²) in [6.45, 7) is 6.51. The highest BCUT2D eigenvalue weighted by molar-refractivity contribution is 7.71. The van der Waals surface area contributed by atoms with Gasteiger partial charge in [0.1, 0.15) is 5.56 Å². The molecule has 0 amide bonds. The zero-order valence-corrected chi connectivity index (χ0v) is 15.7. The second-order valence-corrected chi connectivity index (χ2v) is 5.70. The molecule has 0 atom stereocenters. The third kappa shape index (κ3) is 3.91. The second kappa shape index (κ2) is 8.57. The summed E-state index contributed by atoms with van der Waals surface area (Å²) in [7, 11) is 0. The maximum atomic E-state index is 12.5. The third-order valence-electron chi connectivity index (χ3n) is 3.79. The molecule has 0 saturated heterocycles. The Morgan fingerprint density at radius 3 is 2.35 bits per heavy atom. The van der Waals surface area contributed by atoms with E-state index in [0.29, 0.717) is 30.9 Å². The van der Waals surface area contributed by atoms with E-state index in [0.717, 1.165) is 0 Å². The largest absolute Gasteiger partial charge is 0.494 e. The van der Waals surface area contributed by atoms with E-state index in [1.165, 1.54) is 15.3 Å². The summed E-state index contributed by atoms with van der Waals surface area (Å²) in [5.41, 5.74) is 0.620. The van der Waals surface area contributed by atoms with Crippen molar-refractivity contribution in [3.05, 3.63) is 50.5 Å². The Balaban J connectivity index is 2.41. The van der Waals surface area contributed by atoms with Gasteiger partial charge >= 0.3 is 5.97 Å². The van der Waals surface area contributed by atoms with Crippen LogP contribution in [-0.4, -0.2) is 33.0 Å². The lowest BCUT2D eigenvalue weighted by Crippen LogP contribution is -2.27. The van der Waals surface area contributed by atoms with Gasteiger partial charge in [0.2, 0.25) is 5.88 Å². The molecule has 0 radical (unpaired) electrons. The van der Waals surface area contributed by atoms with Crippen molar-refractivity contribution in [2.24, 2.45) is 4.99 Å². The normalized spacial score (nSPS) is 11.0. The summed E-state index contributed by atoms with van der Waals surface area (Å²) in [5, 5.41) is 10.4. The minimum Gasteiger partial charge on any atom is -0.494 e. The maximum Gasteiger partial charge on any atom is 0.338 e. The minimum absolute atomic E-state index is 0.0665. The Hall–Kier alpha value is -2.74.